The number of amides is 2. The van der Waals surface area contributed by atoms with Crippen molar-refractivity contribution in [3.05, 3.63) is 154 Å². The number of nitrogen functional groups attached to an aromatic ring is 1. The lowest BCUT2D eigenvalue weighted by atomic mass is 9.97. The summed E-state index contributed by atoms with van der Waals surface area (Å²) < 4.78 is 13.3. The van der Waals surface area contributed by atoms with Crippen molar-refractivity contribution in [2.24, 2.45) is 0 Å². The average molecular weight is 827 g/mol. The predicted molar refractivity (Wildman–Crippen MR) is 236 cm³/mol. The number of nitrogens with two attached hydrogens (primary N) is 1. The van der Waals surface area contributed by atoms with E-state index in [2.05, 4.69) is 38.6 Å². The van der Waals surface area contributed by atoms with E-state index in [-0.39, 0.29) is 41.2 Å². The van der Waals surface area contributed by atoms with Crippen molar-refractivity contribution in [3.8, 4) is 11.1 Å². The maximum atomic E-state index is 12.8. The molecule has 0 radical (unpaired) electrons. The SMILES string of the molecule is Nc1ccccc1NC(=O)CCCCCC(=O)NCc1ccccc1-c1ccc([C@@H]2O[C@H](CN3CCN(c4ccc([N+](=O)[O-])cc4)CC3)C[C@H](c3ccc(CO)cc3)O2)cc1. The van der Waals surface area contributed by atoms with Gasteiger partial charge in [0.05, 0.1) is 35.1 Å². The van der Waals surface area contributed by atoms with Crippen LogP contribution in [0.1, 0.15) is 73.2 Å². The van der Waals surface area contributed by atoms with Crippen LogP contribution in [0.25, 0.3) is 11.1 Å². The van der Waals surface area contributed by atoms with Crippen molar-refractivity contribution < 1.29 is 29.1 Å². The third-order valence-corrected chi connectivity index (χ3v) is 11.4. The standard InChI is InChI=1S/C48H54N6O7/c49-43-10-6-7-11-44(43)51-47(57)13-3-1-2-12-46(56)50-31-38-8-4-5-9-42(38)35-18-20-37(21-19-35)48-60-41(30-45(61-48)36-16-14-34(33-55)15-17-36)32-52-26-28-53(29-27-52)39-22-24-40(25-23-39)54(58)59/h4-11,14-25,41,45,48,55H,1-3,12-13,26-33,49H2,(H,50,56)(H,51,57)/t41-,45+,48+/m0/s1. The summed E-state index contributed by atoms with van der Waals surface area (Å²) in [6.07, 6.45) is 2.67. The molecule has 13 heteroatoms. The van der Waals surface area contributed by atoms with E-state index in [1.807, 2.05) is 78.9 Å². The number of hydrogen-bond donors (Lipinski definition) is 4. The van der Waals surface area contributed by atoms with E-state index >= 15 is 0 Å². The lowest BCUT2D eigenvalue weighted by Gasteiger charge is -2.41. The van der Waals surface area contributed by atoms with Crippen molar-refractivity contribution in [3.63, 3.8) is 0 Å². The molecule has 318 valence electrons. The Bertz CT molecular complexity index is 2230. The third-order valence-electron chi connectivity index (χ3n) is 11.4. The minimum absolute atomic E-state index is 0.0244. The quantitative estimate of drug-likeness (QED) is 0.0313. The second-order valence-electron chi connectivity index (χ2n) is 15.7. The van der Waals surface area contributed by atoms with Gasteiger partial charge in [-0.15, -0.1) is 0 Å². The van der Waals surface area contributed by atoms with E-state index in [0.717, 1.165) is 78.2 Å². The van der Waals surface area contributed by atoms with Gasteiger partial charge in [-0.05, 0) is 64.9 Å². The van der Waals surface area contributed by atoms with Crippen LogP contribution < -0.4 is 21.3 Å². The lowest BCUT2D eigenvalue weighted by molar-refractivity contribution is -0.384. The molecular weight excluding hydrogens is 773 g/mol. The number of carbonyl (C=O) groups is 2. The molecule has 5 aromatic carbocycles. The first-order chi connectivity index (χ1) is 29.7. The van der Waals surface area contributed by atoms with Gasteiger partial charge in [0.1, 0.15) is 0 Å². The number of carbonyl (C=O) groups excluding carboxylic acids is 2. The van der Waals surface area contributed by atoms with Gasteiger partial charge in [0.15, 0.2) is 6.29 Å². The van der Waals surface area contributed by atoms with Gasteiger partial charge in [-0.2, -0.15) is 0 Å². The zero-order valence-electron chi connectivity index (χ0n) is 34.3. The molecule has 13 nitrogen and oxygen atoms in total. The zero-order chi connectivity index (χ0) is 42.6. The van der Waals surface area contributed by atoms with E-state index in [0.29, 0.717) is 50.0 Å². The molecule has 0 spiro atoms. The molecule has 0 aliphatic carbocycles. The molecule has 0 unspecified atom stereocenters. The molecule has 2 aliphatic heterocycles. The highest BCUT2D eigenvalue weighted by molar-refractivity contribution is 5.93. The number of benzene rings is 5. The fourth-order valence-corrected chi connectivity index (χ4v) is 7.92. The molecule has 2 saturated heterocycles. The van der Waals surface area contributed by atoms with Gasteiger partial charge in [0, 0.05) is 81.9 Å². The molecule has 2 amide bonds. The number of nitrogens with one attached hydrogen (secondary N) is 2. The Kier molecular flexibility index (Phi) is 14.7. The minimum atomic E-state index is -0.594. The minimum Gasteiger partial charge on any atom is -0.397 e. The number of anilines is 3. The number of nitrogens with zero attached hydrogens (tertiary/aromatic N) is 3. The summed E-state index contributed by atoms with van der Waals surface area (Å²) in [5.74, 6) is -0.116. The number of nitro benzene ring substituents is 1. The molecule has 3 atom stereocenters. The van der Waals surface area contributed by atoms with E-state index in [9.17, 15) is 24.8 Å². The van der Waals surface area contributed by atoms with Gasteiger partial charge < -0.3 is 35.8 Å². The van der Waals surface area contributed by atoms with Crippen LogP contribution in [-0.2, 0) is 32.2 Å². The van der Waals surface area contributed by atoms with Crippen molar-refractivity contribution in [1.29, 1.82) is 0 Å². The molecule has 5 N–H and O–H groups in total. The highest BCUT2D eigenvalue weighted by Crippen LogP contribution is 2.39. The summed E-state index contributed by atoms with van der Waals surface area (Å²) in [6, 6.07) is 38.1. The Morgan fingerprint density at radius 3 is 2.15 bits per heavy atom. The number of rotatable bonds is 17. The molecule has 2 fully saturated rings. The van der Waals surface area contributed by atoms with Crippen molar-refractivity contribution in [2.45, 2.75) is 70.2 Å². The van der Waals surface area contributed by atoms with Gasteiger partial charge in [-0.3, -0.25) is 24.6 Å². The number of ether oxygens (including phenoxy) is 2. The van der Waals surface area contributed by atoms with Crippen molar-refractivity contribution >= 4 is 34.6 Å². The first-order valence-electron chi connectivity index (χ1n) is 21.0. The fraction of sp³-hybridized carbons (Fsp3) is 0.333. The van der Waals surface area contributed by atoms with E-state index in [4.69, 9.17) is 15.2 Å². The topological polar surface area (TPSA) is 173 Å². The van der Waals surface area contributed by atoms with Crippen LogP contribution in [0.4, 0.5) is 22.7 Å². The van der Waals surface area contributed by atoms with Gasteiger partial charge in [-0.25, -0.2) is 0 Å². The number of hydrogen-bond acceptors (Lipinski definition) is 10. The number of aliphatic hydroxyl groups excluding tert-OH is 1. The number of para-hydroxylation sites is 2. The summed E-state index contributed by atoms with van der Waals surface area (Å²) >= 11 is 0. The van der Waals surface area contributed by atoms with Crippen molar-refractivity contribution in [2.75, 3.05) is 48.7 Å². The largest absolute Gasteiger partial charge is 0.397 e. The van der Waals surface area contributed by atoms with Crippen molar-refractivity contribution in [1.82, 2.24) is 10.2 Å². The van der Waals surface area contributed by atoms with Crippen LogP contribution in [0.2, 0.25) is 0 Å². The normalized spacial score (nSPS) is 18.0. The molecular formula is C48H54N6O7. The Labute approximate surface area is 356 Å². The number of nitro groups is 1. The van der Waals surface area contributed by atoms with E-state index < -0.39 is 6.29 Å². The molecule has 0 bridgehead atoms. The van der Waals surface area contributed by atoms with E-state index in [1.54, 1.807) is 24.3 Å². The first kappa shape index (κ1) is 43.0. The van der Waals surface area contributed by atoms with Crippen LogP contribution in [0.3, 0.4) is 0 Å². The molecule has 2 aliphatic rings. The molecule has 5 aromatic rings. The molecule has 0 aromatic heterocycles. The van der Waals surface area contributed by atoms with Gasteiger partial charge in [-0.1, -0.05) is 91.3 Å². The Morgan fingerprint density at radius 1 is 0.770 bits per heavy atom. The maximum absolute atomic E-state index is 12.8. The molecule has 0 saturated carbocycles. The zero-order valence-corrected chi connectivity index (χ0v) is 34.3. The summed E-state index contributed by atoms with van der Waals surface area (Å²) in [5, 5.41) is 26.7. The summed E-state index contributed by atoms with van der Waals surface area (Å²) in [4.78, 5) is 40.5. The second-order valence-corrected chi connectivity index (χ2v) is 15.7. The predicted octanol–water partition coefficient (Wildman–Crippen LogP) is 7.91. The van der Waals surface area contributed by atoms with Gasteiger partial charge in [0.2, 0.25) is 11.8 Å². The number of unbranched alkanes of at least 4 members (excludes halogenated alkanes) is 2. The Hall–Kier alpha value is -6.12. The van der Waals surface area contributed by atoms with Crippen LogP contribution in [0, 0.1) is 10.1 Å². The van der Waals surface area contributed by atoms with Gasteiger partial charge >= 0.3 is 0 Å². The number of non-ortho nitro benzene ring substituents is 1. The Morgan fingerprint density at radius 2 is 1.44 bits per heavy atom. The summed E-state index contributed by atoms with van der Waals surface area (Å²) in [5.41, 5.74) is 13.9. The van der Waals surface area contributed by atoms with E-state index in [1.165, 1.54) is 0 Å². The summed E-state index contributed by atoms with van der Waals surface area (Å²) in [6.45, 7) is 4.38. The second kappa shape index (κ2) is 20.9. The summed E-state index contributed by atoms with van der Waals surface area (Å²) in [7, 11) is 0. The number of piperazine rings is 1. The lowest BCUT2D eigenvalue weighted by Crippen LogP contribution is -2.49. The average Bonchev–Trinajstić information content (AvgIpc) is 3.29. The third kappa shape index (κ3) is 11.8. The van der Waals surface area contributed by atoms with Crippen LogP contribution in [-0.4, -0.2) is 65.6 Å². The monoisotopic (exact) mass is 826 g/mol. The van der Waals surface area contributed by atoms with Crippen LogP contribution >= 0.6 is 0 Å². The Balaban J connectivity index is 0.931. The molecule has 61 heavy (non-hydrogen) atoms. The highest BCUT2D eigenvalue weighted by atomic mass is 16.7. The molecule has 2 heterocycles. The maximum Gasteiger partial charge on any atom is 0.269 e. The highest BCUT2D eigenvalue weighted by Gasteiger charge is 2.34. The number of aliphatic hydroxyl groups is 1. The smallest absolute Gasteiger partial charge is 0.269 e. The van der Waals surface area contributed by atoms with Crippen LogP contribution in [0.15, 0.2) is 121 Å². The first-order valence-corrected chi connectivity index (χ1v) is 21.0. The van der Waals surface area contributed by atoms with Gasteiger partial charge in [0.25, 0.3) is 5.69 Å². The fourth-order valence-electron chi connectivity index (χ4n) is 7.92. The van der Waals surface area contributed by atoms with Crippen LogP contribution in [0.5, 0.6) is 0 Å². The molecule has 7 rings (SSSR count).